The minimum absolute atomic E-state index is 0.178. The molecule has 4 heteroatoms. The summed E-state index contributed by atoms with van der Waals surface area (Å²) in [6.45, 7) is 5.00. The Morgan fingerprint density at radius 2 is 2.00 bits per heavy atom. The second-order valence-electron chi connectivity index (χ2n) is 2.13. The number of halogens is 1. The van der Waals surface area contributed by atoms with Crippen LogP contribution in [0.4, 0.5) is 0 Å². The largest absolute Gasteiger partial charge is 0.397 e. The molecule has 12 heavy (non-hydrogen) atoms. The van der Waals surface area contributed by atoms with Crippen LogP contribution < -0.4 is 11.5 Å². The van der Waals surface area contributed by atoms with E-state index in [9.17, 15) is 4.79 Å². The van der Waals surface area contributed by atoms with Crippen molar-refractivity contribution in [1.82, 2.24) is 0 Å². The SMILES string of the molecule is C=C/C=C(C(N)=O)\C(N)=C(/C)Cl. The van der Waals surface area contributed by atoms with Gasteiger partial charge in [-0.15, -0.1) is 0 Å². The van der Waals surface area contributed by atoms with Gasteiger partial charge in [-0.1, -0.05) is 24.3 Å². The molecule has 0 saturated carbocycles. The van der Waals surface area contributed by atoms with Crippen LogP contribution in [0.2, 0.25) is 0 Å². The Bertz CT molecular complexity index is 262. The smallest absolute Gasteiger partial charge is 0.250 e. The number of carbonyl (C=O) groups is 1. The molecule has 0 fully saturated rings. The number of primary amides is 1. The van der Waals surface area contributed by atoms with Gasteiger partial charge in [0.15, 0.2) is 0 Å². The van der Waals surface area contributed by atoms with Crippen LogP contribution in [0.15, 0.2) is 35.0 Å². The predicted molar refractivity (Wildman–Crippen MR) is 50.2 cm³/mol. The molecule has 0 aliphatic heterocycles. The summed E-state index contributed by atoms with van der Waals surface area (Å²) in [5.74, 6) is -0.618. The van der Waals surface area contributed by atoms with Gasteiger partial charge in [0.25, 0.3) is 5.91 Å². The molecule has 66 valence electrons. The lowest BCUT2D eigenvalue weighted by Crippen LogP contribution is -2.19. The van der Waals surface area contributed by atoms with Gasteiger partial charge in [0, 0.05) is 5.03 Å². The van der Waals surface area contributed by atoms with E-state index in [-0.39, 0.29) is 11.3 Å². The van der Waals surface area contributed by atoms with Crippen LogP contribution in [0, 0.1) is 0 Å². The number of hydrogen-bond donors (Lipinski definition) is 2. The fraction of sp³-hybridized carbons (Fsp3) is 0.125. The van der Waals surface area contributed by atoms with Crippen molar-refractivity contribution in [3.8, 4) is 0 Å². The van der Waals surface area contributed by atoms with E-state index in [0.29, 0.717) is 5.03 Å². The summed E-state index contributed by atoms with van der Waals surface area (Å²) < 4.78 is 0. The molecule has 0 saturated heterocycles. The summed E-state index contributed by atoms with van der Waals surface area (Å²) in [6.07, 6.45) is 2.84. The van der Waals surface area contributed by atoms with E-state index in [1.807, 2.05) is 0 Å². The zero-order valence-corrected chi connectivity index (χ0v) is 7.56. The van der Waals surface area contributed by atoms with Crippen molar-refractivity contribution in [3.05, 3.63) is 35.0 Å². The Morgan fingerprint density at radius 3 is 2.25 bits per heavy atom. The van der Waals surface area contributed by atoms with Gasteiger partial charge in [-0.2, -0.15) is 0 Å². The minimum atomic E-state index is -0.618. The van der Waals surface area contributed by atoms with Gasteiger partial charge >= 0.3 is 0 Å². The van der Waals surface area contributed by atoms with Crippen LogP contribution in [0.3, 0.4) is 0 Å². The Hall–Kier alpha value is -1.22. The number of nitrogens with two attached hydrogens (primary N) is 2. The molecule has 0 atom stereocenters. The van der Waals surface area contributed by atoms with Gasteiger partial charge in [-0.25, -0.2) is 0 Å². The van der Waals surface area contributed by atoms with E-state index in [1.54, 1.807) is 6.92 Å². The number of allylic oxidation sites excluding steroid dienone is 3. The molecule has 0 bridgehead atoms. The highest BCUT2D eigenvalue weighted by atomic mass is 35.5. The predicted octanol–water partition coefficient (Wildman–Crippen LogP) is 1.01. The van der Waals surface area contributed by atoms with Crippen LogP contribution >= 0.6 is 11.6 Å². The average molecular weight is 187 g/mol. The van der Waals surface area contributed by atoms with Crippen molar-refractivity contribution >= 4 is 17.5 Å². The maximum absolute atomic E-state index is 10.8. The summed E-state index contributed by atoms with van der Waals surface area (Å²) in [7, 11) is 0. The third kappa shape index (κ3) is 2.80. The summed E-state index contributed by atoms with van der Waals surface area (Å²) in [4.78, 5) is 10.8. The molecule has 4 N–H and O–H groups in total. The van der Waals surface area contributed by atoms with Crippen LogP contribution in [0.5, 0.6) is 0 Å². The third-order valence-electron chi connectivity index (χ3n) is 1.21. The van der Waals surface area contributed by atoms with Crippen LogP contribution in [0.25, 0.3) is 0 Å². The van der Waals surface area contributed by atoms with Crippen molar-refractivity contribution in [3.63, 3.8) is 0 Å². The average Bonchev–Trinajstić information content (AvgIpc) is 1.98. The molecular weight excluding hydrogens is 176 g/mol. The third-order valence-corrected chi connectivity index (χ3v) is 1.41. The quantitative estimate of drug-likeness (QED) is 0.510. The van der Waals surface area contributed by atoms with Gasteiger partial charge in [-0.05, 0) is 13.0 Å². The maximum atomic E-state index is 10.8. The molecule has 0 rings (SSSR count). The van der Waals surface area contributed by atoms with Crippen molar-refractivity contribution in [1.29, 1.82) is 0 Å². The zero-order chi connectivity index (χ0) is 9.72. The first-order chi connectivity index (χ1) is 5.50. The van der Waals surface area contributed by atoms with Crippen LogP contribution in [0.1, 0.15) is 6.92 Å². The summed E-state index contributed by atoms with van der Waals surface area (Å²) in [5, 5.41) is 0.335. The van der Waals surface area contributed by atoms with Gasteiger partial charge in [0.2, 0.25) is 0 Å². The fourth-order valence-electron chi connectivity index (χ4n) is 0.608. The summed E-state index contributed by atoms with van der Waals surface area (Å²) >= 11 is 5.57. The van der Waals surface area contributed by atoms with Gasteiger partial charge in [0.1, 0.15) is 0 Å². The molecule has 0 aliphatic rings. The molecule has 1 amide bonds. The Balaban J connectivity index is 5.03. The van der Waals surface area contributed by atoms with E-state index >= 15 is 0 Å². The fourth-order valence-corrected chi connectivity index (χ4v) is 0.710. The molecule has 0 aromatic heterocycles. The number of carbonyl (C=O) groups excluding carboxylic acids is 1. The first kappa shape index (κ1) is 10.8. The van der Waals surface area contributed by atoms with E-state index in [0.717, 1.165) is 0 Å². The van der Waals surface area contributed by atoms with Crippen molar-refractivity contribution in [2.75, 3.05) is 0 Å². The number of rotatable bonds is 3. The zero-order valence-electron chi connectivity index (χ0n) is 6.80. The molecule has 0 unspecified atom stereocenters. The Morgan fingerprint density at radius 1 is 1.50 bits per heavy atom. The Kier molecular flexibility index (Phi) is 4.15. The molecular formula is C8H11ClN2O. The van der Waals surface area contributed by atoms with Gasteiger partial charge in [-0.3, -0.25) is 4.79 Å². The Labute approximate surface area is 76.4 Å². The maximum Gasteiger partial charge on any atom is 0.250 e. The highest BCUT2D eigenvalue weighted by Crippen LogP contribution is 2.11. The minimum Gasteiger partial charge on any atom is -0.397 e. The number of hydrogen-bond acceptors (Lipinski definition) is 2. The second kappa shape index (κ2) is 4.62. The van der Waals surface area contributed by atoms with E-state index in [1.165, 1.54) is 12.2 Å². The molecule has 0 aliphatic carbocycles. The highest BCUT2D eigenvalue weighted by molar-refractivity contribution is 6.30. The topological polar surface area (TPSA) is 69.1 Å². The van der Waals surface area contributed by atoms with E-state index in [4.69, 9.17) is 23.1 Å². The van der Waals surface area contributed by atoms with Gasteiger partial charge in [0.05, 0.1) is 11.3 Å². The summed E-state index contributed by atoms with van der Waals surface area (Å²) in [6, 6.07) is 0. The standard InChI is InChI=1S/C8H11ClN2O/c1-3-4-6(8(11)12)7(10)5(2)9/h3-4H,1,10H2,2H3,(H2,11,12)/b6-4+,7-5-. The monoisotopic (exact) mass is 186 g/mol. The van der Waals surface area contributed by atoms with Crippen LogP contribution in [-0.2, 0) is 4.79 Å². The molecule has 0 radical (unpaired) electrons. The molecule has 0 aromatic carbocycles. The lowest BCUT2D eigenvalue weighted by Gasteiger charge is -2.02. The molecule has 0 spiro atoms. The van der Waals surface area contributed by atoms with Crippen LogP contribution in [-0.4, -0.2) is 5.91 Å². The summed E-state index contributed by atoms with van der Waals surface area (Å²) in [5.41, 5.74) is 10.9. The van der Waals surface area contributed by atoms with Crippen molar-refractivity contribution in [2.24, 2.45) is 11.5 Å². The molecule has 3 nitrogen and oxygen atoms in total. The first-order valence-corrected chi connectivity index (χ1v) is 3.63. The normalized spacial score (nSPS) is 13.7. The lowest BCUT2D eigenvalue weighted by molar-refractivity contribution is -0.114. The highest BCUT2D eigenvalue weighted by Gasteiger charge is 2.08. The van der Waals surface area contributed by atoms with E-state index in [2.05, 4.69) is 6.58 Å². The number of amides is 1. The van der Waals surface area contributed by atoms with Crippen molar-refractivity contribution in [2.45, 2.75) is 6.92 Å². The molecule has 0 aromatic rings. The lowest BCUT2D eigenvalue weighted by atomic mass is 10.1. The first-order valence-electron chi connectivity index (χ1n) is 3.25. The van der Waals surface area contributed by atoms with E-state index < -0.39 is 5.91 Å². The second-order valence-corrected chi connectivity index (χ2v) is 2.69. The van der Waals surface area contributed by atoms with Gasteiger partial charge < -0.3 is 11.5 Å². The molecule has 0 heterocycles. The van der Waals surface area contributed by atoms with Crippen molar-refractivity contribution < 1.29 is 4.79 Å².